The SMILES string of the molecule is C[C@H]1C[C@@]2(CC[C@]3(C[C@@H]4C[C@H]3[C@H]3C(=O)OC(=O)[C@@H]43)C2=O)[C@@H](C)[C@H]2C(=O)OC(=O)[C@H]21. The van der Waals surface area contributed by atoms with Gasteiger partial charge in [0, 0.05) is 10.8 Å². The molecule has 0 aromatic heterocycles. The van der Waals surface area contributed by atoms with Gasteiger partial charge in [-0.05, 0) is 55.8 Å². The van der Waals surface area contributed by atoms with Gasteiger partial charge in [-0.2, -0.15) is 0 Å². The topological polar surface area (TPSA) is 104 Å². The number of carbonyl (C=O) groups is 5. The van der Waals surface area contributed by atoms with Crippen LogP contribution in [0.5, 0.6) is 0 Å². The molecule has 10 atom stereocenters. The summed E-state index contributed by atoms with van der Waals surface area (Å²) in [4.78, 5) is 63.2. The lowest BCUT2D eigenvalue weighted by atomic mass is 9.53. The van der Waals surface area contributed by atoms with Gasteiger partial charge in [0.2, 0.25) is 0 Å². The number of Topliss-reactive ketones (excluding diaryl/α,β-unsaturated/α-hetero) is 1. The van der Waals surface area contributed by atoms with E-state index < -0.39 is 52.5 Å². The van der Waals surface area contributed by atoms with Gasteiger partial charge >= 0.3 is 23.9 Å². The average molecular weight is 400 g/mol. The normalized spacial score (nSPS) is 55.0. The van der Waals surface area contributed by atoms with Crippen LogP contribution in [0.1, 0.15) is 46.0 Å². The lowest BCUT2D eigenvalue weighted by Crippen LogP contribution is -2.52. The van der Waals surface area contributed by atoms with E-state index in [9.17, 15) is 24.0 Å². The van der Waals surface area contributed by atoms with Gasteiger partial charge in [0.25, 0.3) is 0 Å². The quantitative estimate of drug-likeness (QED) is 0.450. The van der Waals surface area contributed by atoms with Crippen molar-refractivity contribution in [2.75, 3.05) is 0 Å². The van der Waals surface area contributed by atoms with Crippen LogP contribution in [0.3, 0.4) is 0 Å². The maximum atomic E-state index is 14.1. The van der Waals surface area contributed by atoms with Gasteiger partial charge in [-0.25, -0.2) is 0 Å². The summed E-state index contributed by atoms with van der Waals surface area (Å²) in [7, 11) is 0. The van der Waals surface area contributed by atoms with Crippen molar-refractivity contribution in [1.82, 2.24) is 0 Å². The number of hydrogen-bond donors (Lipinski definition) is 0. The highest BCUT2D eigenvalue weighted by atomic mass is 16.6. The van der Waals surface area contributed by atoms with Crippen molar-refractivity contribution in [3.05, 3.63) is 0 Å². The van der Waals surface area contributed by atoms with E-state index in [-0.39, 0.29) is 35.4 Å². The summed E-state index contributed by atoms with van der Waals surface area (Å²) in [6, 6.07) is 0. The first-order chi connectivity index (χ1) is 13.7. The maximum Gasteiger partial charge on any atom is 0.317 e. The Hall–Kier alpha value is -2.05. The predicted molar refractivity (Wildman–Crippen MR) is 94.4 cm³/mol. The fraction of sp³-hybridized carbons (Fsp3) is 0.773. The van der Waals surface area contributed by atoms with E-state index in [0.29, 0.717) is 25.7 Å². The second-order valence-corrected chi connectivity index (χ2v) is 10.5. The minimum Gasteiger partial charge on any atom is -0.393 e. The number of esters is 4. The monoisotopic (exact) mass is 400 g/mol. The molecule has 0 N–H and O–H groups in total. The average Bonchev–Trinajstić information content (AvgIpc) is 3.41. The predicted octanol–water partition coefficient (Wildman–Crippen LogP) is 1.67. The van der Waals surface area contributed by atoms with Crippen LogP contribution in [0.2, 0.25) is 0 Å². The summed E-state index contributed by atoms with van der Waals surface area (Å²) < 4.78 is 9.87. The van der Waals surface area contributed by atoms with Gasteiger partial charge in [0.05, 0.1) is 23.7 Å². The van der Waals surface area contributed by atoms with Gasteiger partial charge in [-0.15, -0.1) is 0 Å². The molecule has 2 bridgehead atoms. The van der Waals surface area contributed by atoms with E-state index in [1.165, 1.54) is 0 Å². The molecular formula is C22H24O7. The van der Waals surface area contributed by atoms with Crippen molar-refractivity contribution in [2.24, 2.45) is 58.2 Å². The Morgan fingerprint density at radius 2 is 1.31 bits per heavy atom. The Labute approximate surface area is 167 Å². The lowest BCUT2D eigenvalue weighted by Gasteiger charge is -2.47. The Bertz CT molecular complexity index is 907. The molecular weight excluding hydrogens is 376 g/mol. The first-order valence-corrected chi connectivity index (χ1v) is 10.8. The van der Waals surface area contributed by atoms with Gasteiger partial charge in [-0.3, -0.25) is 24.0 Å². The molecule has 0 radical (unpaired) electrons. The highest BCUT2D eigenvalue weighted by molar-refractivity contribution is 6.02. The van der Waals surface area contributed by atoms with Gasteiger partial charge in [-0.1, -0.05) is 13.8 Å². The molecule has 2 spiro atoms. The van der Waals surface area contributed by atoms with E-state index in [2.05, 4.69) is 0 Å². The second kappa shape index (κ2) is 5.16. The Kier molecular flexibility index (Phi) is 3.16. The largest absolute Gasteiger partial charge is 0.393 e. The molecule has 0 unspecified atom stereocenters. The van der Waals surface area contributed by atoms with Gasteiger partial charge < -0.3 is 9.47 Å². The Morgan fingerprint density at radius 1 is 0.724 bits per heavy atom. The summed E-state index contributed by atoms with van der Waals surface area (Å²) in [5.41, 5.74) is -1.25. The molecule has 2 heterocycles. The first-order valence-electron chi connectivity index (χ1n) is 10.8. The zero-order valence-electron chi connectivity index (χ0n) is 16.5. The Balaban J connectivity index is 1.38. The van der Waals surface area contributed by atoms with Crippen LogP contribution in [0.15, 0.2) is 0 Å². The molecule has 6 fully saturated rings. The van der Waals surface area contributed by atoms with Crippen LogP contribution < -0.4 is 0 Å². The fourth-order valence-corrected chi connectivity index (χ4v) is 8.65. The standard InChI is InChI=1S/C22H24O7/c1-8-6-21(9(2)13-12(8)16(23)28-17(13)24)3-4-22(20(21)27)7-10-5-11(22)15-14(10)18(25)29-19(15)26/h8-15H,3-7H2,1-2H3/t8-,9-,10-,11-,12-,13+,14-,15+,21-,22+/m0/s1. The second-order valence-electron chi connectivity index (χ2n) is 10.5. The zero-order chi connectivity index (χ0) is 20.5. The maximum absolute atomic E-state index is 14.1. The van der Waals surface area contributed by atoms with E-state index in [4.69, 9.17) is 9.47 Å². The summed E-state index contributed by atoms with van der Waals surface area (Å²) >= 11 is 0. The van der Waals surface area contributed by atoms with Crippen molar-refractivity contribution >= 4 is 29.7 Å². The smallest absolute Gasteiger partial charge is 0.317 e. The molecule has 4 saturated carbocycles. The third kappa shape index (κ3) is 1.80. The summed E-state index contributed by atoms with van der Waals surface area (Å²) in [6.07, 6.45) is 3.31. The van der Waals surface area contributed by atoms with Gasteiger partial charge in [0.1, 0.15) is 5.78 Å². The third-order valence-electron chi connectivity index (χ3n) is 9.73. The van der Waals surface area contributed by atoms with Crippen LogP contribution in [-0.2, 0) is 33.4 Å². The van der Waals surface area contributed by atoms with Gasteiger partial charge in [0.15, 0.2) is 0 Å². The third-order valence-corrected chi connectivity index (χ3v) is 9.73. The van der Waals surface area contributed by atoms with Crippen LogP contribution in [0, 0.1) is 58.2 Å². The number of cyclic esters (lactones) is 4. The van der Waals surface area contributed by atoms with Crippen molar-refractivity contribution in [1.29, 1.82) is 0 Å². The number of hydrogen-bond acceptors (Lipinski definition) is 7. The van der Waals surface area contributed by atoms with Crippen molar-refractivity contribution in [3.8, 4) is 0 Å². The van der Waals surface area contributed by atoms with E-state index >= 15 is 0 Å². The fourth-order valence-electron chi connectivity index (χ4n) is 8.65. The highest BCUT2D eigenvalue weighted by Gasteiger charge is 2.75. The summed E-state index contributed by atoms with van der Waals surface area (Å²) in [5, 5.41) is 0. The minimum absolute atomic E-state index is 0.0325. The molecule has 2 saturated heterocycles. The molecule has 0 aromatic carbocycles. The minimum atomic E-state index is -0.656. The molecule has 154 valence electrons. The molecule has 4 aliphatic carbocycles. The van der Waals surface area contributed by atoms with E-state index in [0.717, 1.165) is 6.42 Å². The number of ether oxygens (including phenoxy) is 2. The van der Waals surface area contributed by atoms with Crippen molar-refractivity contribution < 1.29 is 33.4 Å². The summed E-state index contributed by atoms with van der Waals surface area (Å²) in [5.74, 6) is -4.02. The number of rotatable bonds is 0. The molecule has 29 heavy (non-hydrogen) atoms. The lowest BCUT2D eigenvalue weighted by molar-refractivity contribution is -0.156. The Morgan fingerprint density at radius 3 is 2.03 bits per heavy atom. The molecule has 0 amide bonds. The van der Waals surface area contributed by atoms with Crippen molar-refractivity contribution in [2.45, 2.75) is 46.0 Å². The number of carbonyl (C=O) groups excluding carboxylic acids is 5. The molecule has 0 aromatic rings. The van der Waals surface area contributed by atoms with Crippen LogP contribution >= 0.6 is 0 Å². The van der Waals surface area contributed by atoms with E-state index in [1.54, 1.807) is 0 Å². The number of fused-ring (bicyclic) bond motifs is 7. The highest BCUT2D eigenvalue weighted by Crippen LogP contribution is 2.72. The first kappa shape index (κ1) is 17.8. The zero-order valence-corrected chi connectivity index (χ0v) is 16.5. The van der Waals surface area contributed by atoms with Crippen LogP contribution in [0.4, 0.5) is 0 Å². The van der Waals surface area contributed by atoms with E-state index in [1.807, 2.05) is 13.8 Å². The molecule has 7 nitrogen and oxygen atoms in total. The number of ketones is 1. The van der Waals surface area contributed by atoms with Crippen molar-refractivity contribution in [3.63, 3.8) is 0 Å². The van der Waals surface area contributed by atoms with Crippen LogP contribution in [-0.4, -0.2) is 29.7 Å². The molecule has 7 heteroatoms. The molecule has 6 aliphatic rings. The molecule has 6 rings (SSSR count). The molecule has 2 aliphatic heterocycles. The summed E-state index contributed by atoms with van der Waals surface area (Å²) in [6.45, 7) is 3.86. The van der Waals surface area contributed by atoms with Crippen LogP contribution in [0.25, 0.3) is 0 Å².